The second-order valence-corrected chi connectivity index (χ2v) is 6.66. The Hall–Kier alpha value is -1.87. The maximum absolute atomic E-state index is 2.51. The van der Waals surface area contributed by atoms with Crippen LogP contribution in [-0.4, -0.2) is 0 Å². The average Bonchev–Trinajstić information content (AvgIpc) is 3.03. The lowest BCUT2D eigenvalue weighted by molar-refractivity contribution is 1.62. The fourth-order valence-corrected chi connectivity index (χ4v) is 4.48. The number of halogens is 1. The molecule has 2 aliphatic rings. The van der Waals surface area contributed by atoms with Crippen LogP contribution in [0.3, 0.4) is 0 Å². The zero-order chi connectivity index (χ0) is 14.0. The summed E-state index contributed by atoms with van der Waals surface area (Å²) in [4.78, 5) is 0. The Morgan fingerprint density at radius 1 is 0.667 bits per heavy atom. The van der Waals surface area contributed by atoms with E-state index in [0.717, 1.165) is 0 Å². The van der Waals surface area contributed by atoms with Crippen molar-refractivity contribution in [2.45, 2.75) is 0 Å². The van der Waals surface area contributed by atoms with Crippen LogP contribution in [0.4, 0.5) is 0 Å². The molecule has 0 aliphatic heterocycles. The molecule has 3 aromatic rings. The Morgan fingerprint density at radius 3 is 2.14 bits per heavy atom. The summed E-state index contributed by atoms with van der Waals surface area (Å²) in [7, 11) is 0. The van der Waals surface area contributed by atoms with Crippen LogP contribution in [0.1, 0.15) is 22.3 Å². The van der Waals surface area contributed by atoms with Crippen LogP contribution in [0, 0.1) is 0 Å². The molecule has 0 saturated heterocycles. The minimum Gasteiger partial charge on any atom is -0.0616 e. The zero-order valence-electron chi connectivity index (χ0n) is 11.2. The molecule has 0 N–H and O–H groups in total. The summed E-state index contributed by atoms with van der Waals surface area (Å²) >= 11 is 2.51. The molecule has 98 valence electrons. The number of hydrogen-bond acceptors (Lipinski definition) is 0. The van der Waals surface area contributed by atoms with E-state index in [1.807, 2.05) is 0 Å². The van der Waals surface area contributed by atoms with Gasteiger partial charge in [-0.3, -0.25) is 0 Å². The molecule has 0 fully saturated rings. The van der Waals surface area contributed by atoms with Crippen molar-refractivity contribution in [3.8, 4) is 0 Å². The first kappa shape index (κ1) is 11.8. The highest BCUT2D eigenvalue weighted by Gasteiger charge is 2.30. The number of hydrogen-bond donors (Lipinski definition) is 0. The quantitative estimate of drug-likeness (QED) is 0.420. The molecule has 0 atom stereocenters. The van der Waals surface area contributed by atoms with Crippen molar-refractivity contribution in [3.63, 3.8) is 0 Å². The number of fused-ring (bicyclic) bond motifs is 6. The van der Waals surface area contributed by atoms with Crippen molar-refractivity contribution in [2.24, 2.45) is 0 Å². The van der Waals surface area contributed by atoms with Crippen molar-refractivity contribution >= 4 is 54.2 Å². The number of rotatable bonds is 0. The predicted molar refractivity (Wildman–Crippen MR) is 99.1 cm³/mol. The second kappa shape index (κ2) is 4.08. The van der Waals surface area contributed by atoms with Crippen LogP contribution in [-0.2, 0) is 0 Å². The van der Waals surface area contributed by atoms with E-state index in [9.17, 15) is 0 Å². The minimum absolute atomic E-state index is 1.32. The van der Waals surface area contributed by atoms with Crippen LogP contribution < -0.4 is 0 Å². The minimum atomic E-state index is 1.32. The van der Waals surface area contributed by atoms with Crippen molar-refractivity contribution in [1.29, 1.82) is 0 Å². The molecule has 2 aliphatic carbocycles. The van der Waals surface area contributed by atoms with E-state index in [-0.39, 0.29) is 0 Å². The Labute approximate surface area is 137 Å². The molecule has 0 aromatic heterocycles. The van der Waals surface area contributed by atoms with Gasteiger partial charge in [0.1, 0.15) is 0 Å². The second-order valence-electron chi connectivity index (χ2n) is 5.58. The van der Waals surface area contributed by atoms with Gasteiger partial charge in [-0.15, -0.1) is 0 Å². The van der Waals surface area contributed by atoms with Gasteiger partial charge in [0.25, 0.3) is 0 Å². The fourth-order valence-electron chi connectivity index (χ4n) is 3.45. The van der Waals surface area contributed by atoms with E-state index in [1.165, 1.54) is 47.8 Å². The van der Waals surface area contributed by atoms with Crippen molar-refractivity contribution in [2.75, 3.05) is 0 Å². The largest absolute Gasteiger partial charge is 0.0616 e. The summed E-state index contributed by atoms with van der Waals surface area (Å²) in [5, 5.41) is 2.64. The molecule has 0 unspecified atom stereocenters. The van der Waals surface area contributed by atoms with Gasteiger partial charge >= 0.3 is 0 Å². The number of benzene rings is 3. The van der Waals surface area contributed by atoms with Gasteiger partial charge < -0.3 is 0 Å². The first-order valence-corrected chi connectivity index (χ1v) is 8.15. The average molecular weight is 378 g/mol. The maximum atomic E-state index is 2.51. The summed E-state index contributed by atoms with van der Waals surface area (Å²) in [6, 6.07) is 22.0. The van der Waals surface area contributed by atoms with E-state index in [0.29, 0.717) is 0 Å². The van der Waals surface area contributed by atoms with Crippen molar-refractivity contribution in [1.82, 2.24) is 0 Å². The van der Waals surface area contributed by atoms with Crippen molar-refractivity contribution in [3.05, 3.63) is 82.9 Å². The zero-order valence-corrected chi connectivity index (χ0v) is 13.4. The van der Waals surface area contributed by atoms with E-state index in [4.69, 9.17) is 0 Å². The Balaban J connectivity index is 1.87. The Kier molecular flexibility index (Phi) is 2.28. The molecule has 0 radical (unpaired) electrons. The highest BCUT2D eigenvalue weighted by atomic mass is 127. The summed E-state index contributed by atoms with van der Waals surface area (Å²) in [5.41, 5.74) is 8.28. The lowest BCUT2D eigenvalue weighted by atomic mass is 10.00. The molecule has 21 heavy (non-hydrogen) atoms. The fraction of sp³-hybridized carbons (Fsp3) is 0. The standard InChI is InChI=1S/C20H11I/c21-20-18-10-13-6-2-1-5-12(13)9-16(18)17-11-14-7-3-4-8-15(14)19(17)20/h1-11H. The Morgan fingerprint density at radius 2 is 1.33 bits per heavy atom. The van der Waals surface area contributed by atoms with Gasteiger partial charge in [0.15, 0.2) is 0 Å². The van der Waals surface area contributed by atoms with Gasteiger partial charge in [-0.1, -0.05) is 48.5 Å². The number of allylic oxidation sites excluding steroid dienone is 2. The first-order chi connectivity index (χ1) is 10.3. The molecule has 5 rings (SSSR count). The molecule has 0 bridgehead atoms. The van der Waals surface area contributed by atoms with Crippen LogP contribution >= 0.6 is 22.6 Å². The third-order valence-corrected chi connectivity index (χ3v) is 5.55. The summed E-state index contributed by atoms with van der Waals surface area (Å²) in [5.74, 6) is 0. The van der Waals surface area contributed by atoms with E-state index >= 15 is 0 Å². The molecule has 0 saturated carbocycles. The van der Waals surface area contributed by atoms with Crippen LogP contribution in [0.2, 0.25) is 0 Å². The molecule has 1 heteroatoms. The van der Waals surface area contributed by atoms with Gasteiger partial charge in [0, 0.05) is 9.15 Å². The molecule has 0 heterocycles. The SMILES string of the molecule is IC1=C2C(=Cc3ccccc32)c2cc3ccccc3cc21. The highest BCUT2D eigenvalue weighted by molar-refractivity contribution is 14.1. The summed E-state index contributed by atoms with van der Waals surface area (Å²) in [6.07, 6.45) is 2.34. The van der Waals surface area contributed by atoms with Gasteiger partial charge in [-0.25, -0.2) is 0 Å². The normalized spacial score (nSPS) is 15.0. The molecule has 3 aromatic carbocycles. The predicted octanol–water partition coefficient (Wildman–Crippen LogP) is 6.01. The van der Waals surface area contributed by atoms with Crippen LogP contribution in [0.15, 0.2) is 60.7 Å². The van der Waals surface area contributed by atoms with Gasteiger partial charge in [-0.05, 0) is 79.4 Å². The topological polar surface area (TPSA) is 0 Å². The lowest BCUT2D eigenvalue weighted by Gasteiger charge is -2.05. The van der Waals surface area contributed by atoms with Gasteiger partial charge in [-0.2, -0.15) is 0 Å². The highest BCUT2D eigenvalue weighted by Crippen LogP contribution is 2.54. The summed E-state index contributed by atoms with van der Waals surface area (Å²) < 4.78 is 1.38. The van der Waals surface area contributed by atoms with Crippen molar-refractivity contribution < 1.29 is 0 Å². The van der Waals surface area contributed by atoms with Crippen LogP contribution in [0.5, 0.6) is 0 Å². The van der Waals surface area contributed by atoms with Gasteiger partial charge in [0.05, 0.1) is 0 Å². The van der Waals surface area contributed by atoms with E-state index in [2.05, 4.69) is 89.3 Å². The van der Waals surface area contributed by atoms with Crippen LogP contribution in [0.25, 0.3) is 31.6 Å². The van der Waals surface area contributed by atoms with E-state index in [1.54, 1.807) is 0 Å². The molecule has 0 nitrogen and oxygen atoms in total. The third-order valence-electron chi connectivity index (χ3n) is 4.43. The Bertz CT molecular complexity index is 990. The first-order valence-electron chi connectivity index (χ1n) is 7.08. The summed E-state index contributed by atoms with van der Waals surface area (Å²) in [6.45, 7) is 0. The lowest BCUT2D eigenvalue weighted by Crippen LogP contribution is -1.83. The molecule has 0 amide bonds. The smallest absolute Gasteiger partial charge is 0.0294 e. The van der Waals surface area contributed by atoms with E-state index < -0.39 is 0 Å². The monoisotopic (exact) mass is 378 g/mol. The molecule has 0 spiro atoms. The third kappa shape index (κ3) is 1.50. The molecular weight excluding hydrogens is 367 g/mol. The maximum Gasteiger partial charge on any atom is 0.0294 e. The van der Waals surface area contributed by atoms with Gasteiger partial charge in [0.2, 0.25) is 0 Å². The molecular formula is C20H11I.